The zero-order valence-electron chi connectivity index (χ0n) is 10.6. The van der Waals surface area contributed by atoms with E-state index in [-0.39, 0.29) is 0 Å². The second-order valence-electron chi connectivity index (χ2n) is 5.35. The van der Waals surface area contributed by atoms with Crippen molar-refractivity contribution in [1.29, 1.82) is 0 Å². The van der Waals surface area contributed by atoms with Gasteiger partial charge in [-0.25, -0.2) is 0 Å². The van der Waals surface area contributed by atoms with Gasteiger partial charge in [-0.1, -0.05) is 18.2 Å². The van der Waals surface area contributed by atoms with Crippen LogP contribution in [0.4, 0.5) is 0 Å². The first-order valence-electron chi connectivity index (χ1n) is 6.79. The van der Waals surface area contributed by atoms with Crippen LogP contribution in [0.3, 0.4) is 0 Å². The van der Waals surface area contributed by atoms with Crippen LogP contribution in [-0.2, 0) is 0 Å². The van der Waals surface area contributed by atoms with Gasteiger partial charge in [0, 0.05) is 19.1 Å². The van der Waals surface area contributed by atoms with Crippen LogP contribution in [0, 0.1) is 6.92 Å². The molecule has 0 aromatic heterocycles. The Hall–Kier alpha value is -1.02. The van der Waals surface area contributed by atoms with Crippen molar-refractivity contribution in [1.82, 2.24) is 4.90 Å². The standard InChI is InChI=1S/C15H21NO/c1-12-4-2-3-5-15(12)17-14-8-10-16(11-9-14)13-6-7-13/h2-5,13-14H,6-11H2,1H3. The Morgan fingerprint density at radius 3 is 2.41 bits per heavy atom. The summed E-state index contributed by atoms with van der Waals surface area (Å²) in [5, 5.41) is 0. The summed E-state index contributed by atoms with van der Waals surface area (Å²) in [4.78, 5) is 2.64. The summed E-state index contributed by atoms with van der Waals surface area (Å²) in [6.45, 7) is 4.57. The lowest BCUT2D eigenvalue weighted by molar-refractivity contribution is 0.0960. The van der Waals surface area contributed by atoms with E-state index < -0.39 is 0 Å². The SMILES string of the molecule is Cc1ccccc1OC1CCN(C2CC2)CC1. The number of nitrogens with zero attached hydrogens (tertiary/aromatic N) is 1. The number of piperidine rings is 1. The molecule has 1 aromatic rings. The largest absolute Gasteiger partial charge is 0.490 e. The van der Waals surface area contributed by atoms with E-state index in [1.54, 1.807) is 0 Å². The minimum absolute atomic E-state index is 0.422. The van der Waals surface area contributed by atoms with Gasteiger partial charge in [0.25, 0.3) is 0 Å². The summed E-state index contributed by atoms with van der Waals surface area (Å²) < 4.78 is 6.11. The molecule has 1 aliphatic heterocycles. The molecule has 1 aliphatic carbocycles. The minimum atomic E-state index is 0.422. The second-order valence-corrected chi connectivity index (χ2v) is 5.35. The van der Waals surface area contributed by atoms with Crippen molar-refractivity contribution in [2.75, 3.05) is 13.1 Å². The predicted molar refractivity (Wildman–Crippen MR) is 69.4 cm³/mol. The molecule has 0 amide bonds. The van der Waals surface area contributed by atoms with Gasteiger partial charge in [0.2, 0.25) is 0 Å². The highest BCUT2D eigenvalue weighted by Crippen LogP contribution is 2.30. The molecule has 1 aromatic carbocycles. The second kappa shape index (κ2) is 4.69. The molecule has 1 saturated heterocycles. The molecule has 2 aliphatic rings. The monoisotopic (exact) mass is 231 g/mol. The fraction of sp³-hybridized carbons (Fsp3) is 0.600. The Labute approximate surface area is 104 Å². The van der Waals surface area contributed by atoms with Gasteiger partial charge in [-0.3, -0.25) is 0 Å². The van der Waals surface area contributed by atoms with Gasteiger partial charge in [0.05, 0.1) is 0 Å². The molecule has 3 rings (SSSR count). The fourth-order valence-corrected chi connectivity index (χ4v) is 2.67. The number of para-hydroxylation sites is 1. The van der Waals surface area contributed by atoms with Gasteiger partial charge in [0.1, 0.15) is 11.9 Å². The van der Waals surface area contributed by atoms with Gasteiger partial charge < -0.3 is 9.64 Å². The normalized spacial score (nSPS) is 22.6. The molecule has 2 heteroatoms. The van der Waals surface area contributed by atoms with Crippen LogP contribution < -0.4 is 4.74 Å². The van der Waals surface area contributed by atoms with Crippen LogP contribution in [0.25, 0.3) is 0 Å². The predicted octanol–water partition coefficient (Wildman–Crippen LogP) is 3.00. The van der Waals surface area contributed by atoms with Crippen molar-refractivity contribution in [3.05, 3.63) is 29.8 Å². The van der Waals surface area contributed by atoms with Crippen LogP contribution in [0.1, 0.15) is 31.2 Å². The average molecular weight is 231 g/mol. The van der Waals surface area contributed by atoms with Crippen molar-refractivity contribution in [2.24, 2.45) is 0 Å². The van der Waals surface area contributed by atoms with Gasteiger partial charge in [-0.05, 0) is 44.2 Å². The summed E-state index contributed by atoms with van der Waals surface area (Å²) in [5.74, 6) is 1.07. The summed E-state index contributed by atoms with van der Waals surface area (Å²) >= 11 is 0. The highest BCUT2D eigenvalue weighted by atomic mass is 16.5. The Morgan fingerprint density at radius 1 is 1.06 bits per heavy atom. The Balaban J connectivity index is 1.55. The highest BCUT2D eigenvalue weighted by Gasteiger charge is 2.32. The van der Waals surface area contributed by atoms with Crippen molar-refractivity contribution in [2.45, 2.75) is 44.8 Å². The molecule has 0 radical (unpaired) electrons. The third-order valence-electron chi connectivity index (χ3n) is 3.93. The van der Waals surface area contributed by atoms with Crippen molar-refractivity contribution < 1.29 is 4.74 Å². The van der Waals surface area contributed by atoms with Crippen LogP contribution in [0.5, 0.6) is 5.75 Å². The number of ether oxygens (including phenoxy) is 1. The smallest absolute Gasteiger partial charge is 0.122 e. The summed E-state index contributed by atoms with van der Waals surface area (Å²) in [6, 6.07) is 9.24. The molecule has 17 heavy (non-hydrogen) atoms. The minimum Gasteiger partial charge on any atom is -0.490 e. The first kappa shape index (κ1) is 11.1. The molecule has 0 N–H and O–H groups in total. The van der Waals surface area contributed by atoms with Crippen LogP contribution >= 0.6 is 0 Å². The summed E-state index contributed by atoms with van der Waals surface area (Å²) in [6.07, 6.45) is 5.63. The molecular formula is C15H21NO. The lowest BCUT2D eigenvalue weighted by atomic mass is 10.1. The molecule has 2 nitrogen and oxygen atoms in total. The van der Waals surface area contributed by atoms with Crippen molar-refractivity contribution >= 4 is 0 Å². The van der Waals surface area contributed by atoms with E-state index in [1.165, 1.54) is 44.3 Å². The lowest BCUT2D eigenvalue weighted by Crippen LogP contribution is -2.39. The number of hydrogen-bond acceptors (Lipinski definition) is 2. The maximum atomic E-state index is 6.11. The van der Waals surface area contributed by atoms with E-state index in [4.69, 9.17) is 4.74 Å². The van der Waals surface area contributed by atoms with Gasteiger partial charge in [0.15, 0.2) is 0 Å². The first-order valence-corrected chi connectivity index (χ1v) is 6.79. The Morgan fingerprint density at radius 2 is 1.76 bits per heavy atom. The van der Waals surface area contributed by atoms with E-state index in [0.29, 0.717) is 6.10 Å². The molecule has 2 fully saturated rings. The first-order chi connectivity index (χ1) is 8.33. The number of hydrogen-bond donors (Lipinski definition) is 0. The van der Waals surface area contributed by atoms with Crippen LogP contribution in [0.2, 0.25) is 0 Å². The molecule has 0 bridgehead atoms. The van der Waals surface area contributed by atoms with Gasteiger partial charge >= 0.3 is 0 Å². The zero-order chi connectivity index (χ0) is 11.7. The van der Waals surface area contributed by atoms with Crippen molar-refractivity contribution in [3.8, 4) is 5.75 Å². The number of benzene rings is 1. The molecule has 1 saturated carbocycles. The highest BCUT2D eigenvalue weighted by molar-refractivity contribution is 5.31. The molecule has 0 spiro atoms. The third kappa shape index (κ3) is 2.63. The van der Waals surface area contributed by atoms with E-state index in [2.05, 4.69) is 36.1 Å². The van der Waals surface area contributed by atoms with Crippen LogP contribution in [0.15, 0.2) is 24.3 Å². The zero-order valence-corrected chi connectivity index (χ0v) is 10.6. The average Bonchev–Trinajstić information content (AvgIpc) is 3.17. The van der Waals surface area contributed by atoms with Crippen LogP contribution in [-0.4, -0.2) is 30.1 Å². The lowest BCUT2D eigenvalue weighted by Gasteiger charge is -2.32. The maximum Gasteiger partial charge on any atom is 0.122 e. The third-order valence-corrected chi connectivity index (χ3v) is 3.93. The van der Waals surface area contributed by atoms with Gasteiger partial charge in [-0.15, -0.1) is 0 Å². The molecule has 0 atom stereocenters. The number of rotatable bonds is 3. The number of likely N-dealkylation sites (tertiary alicyclic amines) is 1. The van der Waals surface area contributed by atoms with Gasteiger partial charge in [-0.2, -0.15) is 0 Å². The van der Waals surface area contributed by atoms with E-state index >= 15 is 0 Å². The van der Waals surface area contributed by atoms with E-state index in [0.717, 1.165) is 11.8 Å². The summed E-state index contributed by atoms with van der Waals surface area (Å²) in [5.41, 5.74) is 1.25. The molecule has 92 valence electrons. The Kier molecular flexibility index (Phi) is 3.06. The van der Waals surface area contributed by atoms with E-state index in [9.17, 15) is 0 Å². The van der Waals surface area contributed by atoms with E-state index in [1.807, 2.05) is 0 Å². The quantitative estimate of drug-likeness (QED) is 0.793. The maximum absolute atomic E-state index is 6.11. The molecule has 0 unspecified atom stereocenters. The molecule has 1 heterocycles. The summed E-state index contributed by atoms with van der Waals surface area (Å²) in [7, 11) is 0. The van der Waals surface area contributed by atoms with Crippen molar-refractivity contribution in [3.63, 3.8) is 0 Å². The molecular weight excluding hydrogens is 210 g/mol. The topological polar surface area (TPSA) is 12.5 Å². The number of aryl methyl sites for hydroxylation is 1. The Bertz CT molecular complexity index is 378. The fourth-order valence-electron chi connectivity index (χ4n) is 2.67.